The predicted molar refractivity (Wildman–Crippen MR) is 81.0 cm³/mol. The van der Waals surface area contributed by atoms with E-state index in [0.29, 0.717) is 5.56 Å². The number of aromatic nitrogens is 2. The van der Waals surface area contributed by atoms with Crippen molar-refractivity contribution in [3.8, 4) is 0 Å². The fraction of sp³-hybridized carbons (Fsp3) is 0.133. The van der Waals surface area contributed by atoms with E-state index in [0.717, 1.165) is 22.2 Å². The summed E-state index contributed by atoms with van der Waals surface area (Å²) in [5, 5.41) is 11.8. The summed E-state index contributed by atoms with van der Waals surface area (Å²) < 4.78 is 6.16. The maximum atomic E-state index is 12.6. The van der Waals surface area contributed by atoms with Crippen LogP contribution in [0.15, 0.2) is 35.8 Å². The number of ether oxygens (including phenoxy) is 1. The first kappa shape index (κ1) is 14.4. The molecule has 0 aliphatic rings. The Labute approximate surface area is 129 Å². The van der Waals surface area contributed by atoms with E-state index in [4.69, 9.17) is 0 Å². The van der Waals surface area contributed by atoms with Gasteiger partial charge in [0.1, 0.15) is 6.73 Å². The number of ketones is 1. The molecular weight excluding hydrogens is 304 g/mol. The molecule has 2 heterocycles. The van der Waals surface area contributed by atoms with Crippen molar-refractivity contribution in [2.75, 3.05) is 7.11 Å². The summed E-state index contributed by atoms with van der Waals surface area (Å²) in [4.78, 5) is 28.1. The summed E-state index contributed by atoms with van der Waals surface area (Å²) in [5.41, 5.74) is 1.32. The van der Waals surface area contributed by atoms with Gasteiger partial charge in [-0.2, -0.15) is 0 Å². The largest absolute Gasteiger partial charge is 0.464 e. The number of thiazole rings is 1. The number of aliphatic hydroxyl groups excluding tert-OH is 1. The molecule has 1 aromatic carbocycles. The zero-order valence-electron chi connectivity index (χ0n) is 11.6. The molecule has 3 aromatic rings. The molecule has 3 rings (SSSR count). The van der Waals surface area contributed by atoms with Gasteiger partial charge in [0, 0.05) is 17.0 Å². The highest BCUT2D eigenvalue weighted by Crippen LogP contribution is 2.25. The van der Waals surface area contributed by atoms with E-state index in [1.807, 2.05) is 24.3 Å². The van der Waals surface area contributed by atoms with Crippen LogP contribution >= 0.6 is 11.3 Å². The number of carbonyl (C=O) groups is 2. The first-order valence-electron chi connectivity index (χ1n) is 6.43. The lowest BCUT2D eigenvalue weighted by Crippen LogP contribution is -2.04. The van der Waals surface area contributed by atoms with Gasteiger partial charge in [0.15, 0.2) is 10.7 Å². The maximum absolute atomic E-state index is 12.6. The van der Waals surface area contributed by atoms with Crippen molar-refractivity contribution >= 4 is 34.0 Å². The number of hydrogen-bond acceptors (Lipinski definition) is 6. The standard InChI is InChI=1S/C15H12N2O4S/c1-21-15(20)11-7-22-14(16-11)13(19)10-6-17(8-18)12-5-3-2-4-9(10)12/h2-7,18H,8H2,1H3. The molecular formula is C15H12N2O4S. The molecule has 0 radical (unpaired) electrons. The Balaban J connectivity index is 2.06. The van der Waals surface area contributed by atoms with E-state index < -0.39 is 5.97 Å². The van der Waals surface area contributed by atoms with Gasteiger partial charge in [-0.25, -0.2) is 9.78 Å². The third-order valence-electron chi connectivity index (χ3n) is 3.28. The zero-order chi connectivity index (χ0) is 15.7. The van der Waals surface area contributed by atoms with Gasteiger partial charge >= 0.3 is 5.97 Å². The minimum Gasteiger partial charge on any atom is -0.464 e. The molecule has 0 aliphatic heterocycles. The fourth-order valence-corrected chi connectivity index (χ4v) is 2.98. The van der Waals surface area contributed by atoms with E-state index in [-0.39, 0.29) is 23.2 Å². The molecule has 0 fully saturated rings. The van der Waals surface area contributed by atoms with E-state index in [2.05, 4.69) is 9.72 Å². The second kappa shape index (κ2) is 5.70. The molecule has 6 nitrogen and oxygen atoms in total. The van der Waals surface area contributed by atoms with Crippen molar-refractivity contribution in [2.24, 2.45) is 0 Å². The molecule has 22 heavy (non-hydrogen) atoms. The number of carbonyl (C=O) groups excluding carboxylic acids is 2. The molecule has 0 unspecified atom stereocenters. The quantitative estimate of drug-likeness (QED) is 0.588. The minimum atomic E-state index is -0.576. The normalized spacial score (nSPS) is 10.8. The van der Waals surface area contributed by atoms with Crippen LogP contribution in [0.5, 0.6) is 0 Å². The van der Waals surface area contributed by atoms with Gasteiger partial charge in [-0.15, -0.1) is 11.3 Å². The van der Waals surface area contributed by atoms with Crippen molar-refractivity contribution in [1.82, 2.24) is 9.55 Å². The highest BCUT2D eigenvalue weighted by molar-refractivity contribution is 7.12. The fourth-order valence-electron chi connectivity index (χ4n) is 2.24. The minimum absolute atomic E-state index is 0.113. The number of esters is 1. The number of hydrogen-bond donors (Lipinski definition) is 1. The lowest BCUT2D eigenvalue weighted by Gasteiger charge is -1.97. The third-order valence-corrected chi connectivity index (χ3v) is 4.12. The average Bonchev–Trinajstić information content (AvgIpc) is 3.18. The molecule has 0 bridgehead atoms. The van der Waals surface area contributed by atoms with E-state index in [9.17, 15) is 14.7 Å². The molecule has 7 heteroatoms. The van der Waals surface area contributed by atoms with Gasteiger partial charge in [-0.1, -0.05) is 18.2 Å². The molecule has 0 saturated heterocycles. The van der Waals surface area contributed by atoms with Gasteiger partial charge in [0.2, 0.25) is 5.78 Å². The van der Waals surface area contributed by atoms with Crippen molar-refractivity contribution in [3.63, 3.8) is 0 Å². The lowest BCUT2D eigenvalue weighted by molar-refractivity contribution is 0.0595. The third kappa shape index (κ3) is 2.30. The van der Waals surface area contributed by atoms with Crippen molar-refractivity contribution in [2.45, 2.75) is 6.73 Å². The van der Waals surface area contributed by atoms with Gasteiger partial charge in [-0.05, 0) is 6.07 Å². The number of para-hydroxylation sites is 1. The summed E-state index contributed by atoms with van der Waals surface area (Å²) >= 11 is 1.09. The van der Waals surface area contributed by atoms with Crippen LogP contribution in [0.3, 0.4) is 0 Å². The molecule has 0 atom stereocenters. The number of aliphatic hydroxyl groups is 1. The summed E-state index contributed by atoms with van der Waals surface area (Å²) in [7, 11) is 1.26. The molecule has 0 saturated carbocycles. The van der Waals surface area contributed by atoms with Gasteiger partial charge < -0.3 is 14.4 Å². The number of benzene rings is 1. The van der Waals surface area contributed by atoms with Crippen molar-refractivity contribution < 1.29 is 19.4 Å². The number of methoxy groups -OCH3 is 1. The average molecular weight is 316 g/mol. The molecule has 2 aromatic heterocycles. The van der Waals surface area contributed by atoms with Crippen molar-refractivity contribution in [1.29, 1.82) is 0 Å². The number of rotatable bonds is 4. The van der Waals surface area contributed by atoms with Crippen LogP contribution in [0, 0.1) is 0 Å². The Kier molecular flexibility index (Phi) is 3.74. The van der Waals surface area contributed by atoms with Crippen molar-refractivity contribution in [3.05, 3.63) is 52.1 Å². The van der Waals surface area contributed by atoms with Crippen LogP contribution in [0.2, 0.25) is 0 Å². The van der Waals surface area contributed by atoms with Gasteiger partial charge in [0.25, 0.3) is 0 Å². The number of fused-ring (bicyclic) bond motifs is 1. The Morgan fingerprint density at radius 1 is 1.36 bits per heavy atom. The molecule has 1 N–H and O–H groups in total. The van der Waals surface area contributed by atoms with Gasteiger partial charge in [-0.3, -0.25) is 4.79 Å². The smallest absolute Gasteiger partial charge is 0.357 e. The van der Waals surface area contributed by atoms with Crippen LogP contribution in [-0.4, -0.2) is 33.5 Å². The second-order valence-corrected chi connectivity index (χ2v) is 5.39. The first-order chi connectivity index (χ1) is 10.7. The highest BCUT2D eigenvalue weighted by Gasteiger charge is 2.21. The van der Waals surface area contributed by atoms with Crippen LogP contribution in [0.25, 0.3) is 10.9 Å². The SMILES string of the molecule is COC(=O)c1csc(C(=O)c2cn(CO)c3ccccc23)n1. The molecule has 112 valence electrons. The Morgan fingerprint density at radius 3 is 2.86 bits per heavy atom. The summed E-state index contributed by atoms with van der Waals surface area (Å²) in [6, 6.07) is 7.29. The van der Waals surface area contributed by atoms with Crippen LogP contribution in [0.4, 0.5) is 0 Å². The van der Waals surface area contributed by atoms with Crippen LogP contribution < -0.4 is 0 Å². The van der Waals surface area contributed by atoms with Crippen LogP contribution in [0.1, 0.15) is 25.9 Å². The lowest BCUT2D eigenvalue weighted by atomic mass is 10.1. The molecule has 0 spiro atoms. The number of nitrogens with zero attached hydrogens (tertiary/aromatic N) is 2. The van der Waals surface area contributed by atoms with E-state index >= 15 is 0 Å². The molecule has 0 amide bonds. The Hall–Kier alpha value is -2.51. The van der Waals surface area contributed by atoms with E-state index in [1.165, 1.54) is 12.5 Å². The maximum Gasteiger partial charge on any atom is 0.357 e. The summed E-state index contributed by atoms with van der Waals surface area (Å²) in [6.07, 6.45) is 1.59. The Bertz CT molecular complexity index is 865. The van der Waals surface area contributed by atoms with E-state index in [1.54, 1.807) is 10.8 Å². The Morgan fingerprint density at radius 2 is 2.14 bits per heavy atom. The van der Waals surface area contributed by atoms with Crippen LogP contribution in [-0.2, 0) is 11.5 Å². The molecule has 0 aliphatic carbocycles. The monoisotopic (exact) mass is 316 g/mol. The highest BCUT2D eigenvalue weighted by atomic mass is 32.1. The predicted octanol–water partition coefficient (Wildman–Crippen LogP) is 2.07. The summed E-state index contributed by atoms with van der Waals surface area (Å²) in [6.45, 7) is -0.223. The van der Waals surface area contributed by atoms with Gasteiger partial charge in [0.05, 0.1) is 18.2 Å². The zero-order valence-corrected chi connectivity index (χ0v) is 12.5. The first-order valence-corrected chi connectivity index (χ1v) is 7.31. The topological polar surface area (TPSA) is 81.4 Å². The summed E-state index contributed by atoms with van der Waals surface area (Å²) in [5.74, 6) is -0.864. The second-order valence-electron chi connectivity index (χ2n) is 4.53.